The fraction of sp³-hybridized carbons (Fsp3) is 1.00. The van der Waals surface area contributed by atoms with Gasteiger partial charge in [0.15, 0.2) is 0 Å². The average molecular weight is 242 g/mol. The van der Waals surface area contributed by atoms with E-state index < -0.39 is 0 Å². The summed E-state index contributed by atoms with van der Waals surface area (Å²) < 4.78 is 5.54. The van der Waals surface area contributed by atoms with Gasteiger partial charge in [-0.05, 0) is 50.2 Å². The monoisotopic (exact) mass is 242 g/mol. The molecule has 0 aromatic rings. The predicted octanol–water partition coefficient (Wildman–Crippen LogP) is 2.11. The standard InChI is InChI=1S/C14H30N2O/c1-12-6-9-16(10-13(12)17-4)8-5-7-14(2,3)11-15/h12-13H,5-11,15H2,1-4H3. The van der Waals surface area contributed by atoms with Crippen LogP contribution in [0.4, 0.5) is 0 Å². The van der Waals surface area contributed by atoms with Crippen LogP contribution in [-0.4, -0.2) is 44.3 Å². The summed E-state index contributed by atoms with van der Waals surface area (Å²) in [5.41, 5.74) is 6.05. The van der Waals surface area contributed by atoms with Crippen molar-refractivity contribution in [1.82, 2.24) is 4.90 Å². The van der Waals surface area contributed by atoms with Crippen LogP contribution in [0.5, 0.6) is 0 Å². The molecule has 3 heteroatoms. The topological polar surface area (TPSA) is 38.5 Å². The molecular weight excluding hydrogens is 212 g/mol. The normalized spacial score (nSPS) is 27.4. The quantitative estimate of drug-likeness (QED) is 0.775. The Labute approximate surface area is 107 Å². The van der Waals surface area contributed by atoms with Crippen LogP contribution >= 0.6 is 0 Å². The number of hydrogen-bond acceptors (Lipinski definition) is 3. The number of nitrogens with two attached hydrogens (primary N) is 1. The van der Waals surface area contributed by atoms with Crippen molar-refractivity contribution in [3.63, 3.8) is 0 Å². The van der Waals surface area contributed by atoms with Gasteiger partial charge in [0.25, 0.3) is 0 Å². The average Bonchev–Trinajstić information content (AvgIpc) is 2.31. The molecule has 1 heterocycles. The number of methoxy groups -OCH3 is 1. The maximum Gasteiger partial charge on any atom is 0.0724 e. The van der Waals surface area contributed by atoms with Gasteiger partial charge in [-0.15, -0.1) is 0 Å². The minimum absolute atomic E-state index is 0.295. The Balaban J connectivity index is 2.24. The Bertz CT molecular complexity index is 218. The third-order valence-corrected chi connectivity index (χ3v) is 4.16. The predicted molar refractivity (Wildman–Crippen MR) is 73.1 cm³/mol. The van der Waals surface area contributed by atoms with Crippen molar-refractivity contribution in [3.8, 4) is 0 Å². The second kappa shape index (κ2) is 6.72. The zero-order valence-electron chi connectivity index (χ0n) is 12.0. The van der Waals surface area contributed by atoms with Gasteiger partial charge in [-0.3, -0.25) is 0 Å². The Hall–Kier alpha value is -0.120. The first-order valence-electron chi connectivity index (χ1n) is 6.94. The minimum atomic E-state index is 0.295. The number of ether oxygens (including phenoxy) is 1. The molecule has 0 spiro atoms. The largest absolute Gasteiger partial charge is 0.380 e. The lowest BCUT2D eigenvalue weighted by molar-refractivity contribution is -0.00582. The second-order valence-electron chi connectivity index (χ2n) is 6.31. The lowest BCUT2D eigenvalue weighted by atomic mass is 9.88. The van der Waals surface area contributed by atoms with Gasteiger partial charge in [0.05, 0.1) is 6.10 Å². The third kappa shape index (κ3) is 4.94. The van der Waals surface area contributed by atoms with Gasteiger partial charge < -0.3 is 15.4 Å². The molecule has 0 saturated carbocycles. The van der Waals surface area contributed by atoms with Crippen molar-refractivity contribution < 1.29 is 4.74 Å². The van der Waals surface area contributed by atoms with E-state index in [0.717, 1.165) is 13.1 Å². The van der Waals surface area contributed by atoms with Crippen LogP contribution in [0.2, 0.25) is 0 Å². The highest BCUT2D eigenvalue weighted by Gasteiger charge is 2.26. The van der Waals surface area contributed by atoms with E-state index in [2.05, 4.69) is 25.7 Å². The van der Waals surface area contributed by atoms with E-state index in [0.29, 0.717) is 17.4 Å². The molecule has 0 aliphatic carbocycles. The Kier molecular flexibility index (Phi) is 5.90. The van der Waals surface area contributed by atoms with Gasteiger partial charge in [-0.2, -0.15) is 0 Å². The lowest BCUT2D eigenvalue weighted by Crippen LogP contribution is -2.44. The Morgan fingerprint density at radius 2 is 2.12 bits per heavy atom. The second-order valence-corrected chi connectivity index (χ2v) is 6.31. The molecule has 2 unspecified atom stereocenters. The molecule has 0 amide bonds. The van der Waals surface area contributed by atoms with E-state index >= 15 is 0 Å². The zero-order chi connectivity index (χ0) is 12.9. The van der Waals surface area contributed by atoms with Crippen LogP contribution < -0.4 is 5.73 Å². The van der Waals surface area contributed by atoms with Gasteiger partial charge >= 0.3 is 0 Å². The van der Waals surface area contributed by atoms with E-state index in [1.54, 1.807) is 0 Å². The highest BCUT2D eigenvalue weighted by atomic mass is 16.5. The Morgan fingerprint density at radius 1 is 1.41 bits per heavy atom. The lowest BCUT2D eigenvalue weighted by Gasteiger charge is -2.36. The maximum absolute atomic E-state index is 5.75. The summed E-state index contributed by atoms with van der Waals surface area (Å²) in [4.78, 5) is 2.54. The van der Waals surface area contributed by atoms with Crippen molar-refractivity contribution in [2.75, 3.05) is 33.3 Å². The first-order valence-corrected chi connectivity index (χ1v) is 6.94. The maximum atomic E-state index is 5.75. The summed E-state index contributed by atoms with van der Waals surface area (Å²) in [5.74, 6) is 0.705. The molecule has 0 aromatic heterocycles. The molecule has 17 heavy (non-hydrogen) atoms. The fourth-order valence-electron chi connectivity index (χ4n) is 2.49. The number of rotatable bonds is 6. The number of piperidine rings is 1. The molecule has 1 fully saturated rings. The molecule has 102 valence electrons. The zero-order valence-corrected chi connectivity index (χ0v) is 12.0. The van der Waals surface area contributed by atoms with Crippen LogP contribution in [0.25, 0.3) is 0 Å². The number of likely N-dealkylation sites (tertiary alicyclic amines) is 1. The number of hydrogen-bond donors (Lipinski definition) is 1. The van der Waals surface area contributed by atoms with Gasteiger partial charge in [-0.1, -0.05) is 20.8 Å². The number of nitrogens with zero attached hydrogens (tertiary/aromatic N) is 1. The van der Waals surface area contributed by atoms with Gasteiger partial charge in [0.2, 0.25) is 0 Å². The summed E-state index contributed by atoms with van der Waals surface area (Å²) in [6.07, 6.45) is 4.15. The molecule has 2 N–H and O–H groups in total. The third-order valence-electron chi connectivity index (χ3n) is 4.16. The summed E-state index contributed by atoms with van der Waals surface area (Å²) in [6.45, 7) is 11.1. The summed E-state index contributed by atoms with van der Waals surface area (Å²) in [6, 6.07) is 0. The summed E-state index contributed by atoms with van der Waals surface area (Å²) in [5, 5.41) is 0. The van der Waals surface area contributed by atoms with Crippen molar-refractivity contribution >= 4 is 0 Å². The molecule has 0 aromatic carbocycles. The van der Waals surface area contributed by atoms with E-state index in [4.69, 9.17) is 10.5 Å². The van der Waals surface area contributed by atoms with Gasteiger partial charge in [-0.25, -0.2) is 0 Å². The van der Waals surface area contributed by atoms with E-state index in [1.165, 1.54) is 32.4 Å². The van der Waals surface area contributed by atoms with E-state index in [-0.39, 0.29) is 0 Å². The molecule has 1 aliphatic rings. The van der Waals surface area contributed by atoms with Crippen LogP contribution in [0.1, 0.15) is 40.0 Å². The molecule has 0 radical (unpaired) electrons. The smallest absolute Gasteiger partial charge is 0.0724 e. The SMILES string of the molecule is COC1CN(CCCC(C)(C)CN)CCC1C. The molecule has 1 saturated heterocycles. The fourth-order valence-corrected chi connectivity index (χ4v) is 2.49. The highest BCUT2D eigenvalue weighted by molar-refractivity contribution is 4.79. The molecular formula is C14H30N2O. The highest BCUT2D eigenvalue weighted by Crippen LogP contribution is 2.23. The molecule has 1 rings (SSSR count). The van der Waals surface area contributed by atoms with Crippen LogP contribution in [-0.2, 0) is 4.74 Å². The first-order chi connectivity index (χ1) is 7.98. The van der Waals surface area contributed by atoms with Crippen molar-refractivity contribution in [1.29, 1.82) is 0 Å². The van der Waals surface area contributed by atoms with Crippen molar-refractivity contribution in [3.05, 3.63) is 0 Å². The Morgan fingerprint density at radius 3 is 2.71 bits per heavy atom. The van der Waals surface area contributed by atoms with Crippen molar-refractivity contribution in [2.45, 2.75) is 46.1 Å². The molecule has 1 aliphatic heterocycles. The molecule has 2 atom stereocenters. The summed E-state index contributed by atoms with van der Waals surface area (Å²) >= 11 is 0. The van der Waals surface area contributed by atoms with Crippen molar-refractivity contribution in [2.24, 2.45) is 17.1 Å². The van der Waals surface area contributed by atoms with Gasteiger partial charge in [0, 0.05) is 13.7 Å². The molecule has 3 nitrogen and oxygen atoms in total. The van der Waals surface area contributed by atoms with Crippen LogP contribution in [0.3, 0.4) is 0 Å². The van der Waals surface area contributed by atoms with Crippen LogP contribution in [0.15, 0.2) is 0 Å². The summed E-state index contributed by atoms with van der Waals surface area (Å²) in [7, 11) is 1.84. The van der Waals surface area contributed by atoms with E-state index in [1.807, 2.05) is 7.11 Å². The molecule has 0 bridgehead atoms. The van der Waals surface area contributed by atoms with Crippen LogP contribution in [0, 0.1) is 11.3 Å². The van der Waals surface area contributed by atoms with E-state index in [9.17, 15) is 0 Å². The van der Waals surface area contributed by atoms with Gasteiger partial charge in [0.1, 0.15) is 0 Å². The first kappa shape index (κ1) is 14.9. The minimum Gasteiger partial charge on any atom is -0.380 e.